The Hall–Kier alpha value is -2.15. The summed E-state index contributed by atoms with van der Waals surface area (Å²) in [5, 5.41) is 19.3. The second-order valence-electron chi connectivity index (χ2n) is 3.26. The summed E-state index contributed by atoms with van der Waals surface area (Å²) < 4.78 is 0. The molecule has 0 radical (unpaired) electrons. The lowest BCUT2D eigenvalue weighted by atomic mass is 10.1. The smallest absolute Gasteiger partial charge is 0.258 e. The van der Waals surface area contributed by atoms with Crippen LogP contribution in [0.15, 0.2) is 23.8 Å². The average Bonchev–Trinajstić information content (AvgIpc) is 2.17. The van der Waals surface area contributed by atoms with Crippen LogP contribution in [0, 0.1) is 28.4 Å². The number of allylic oxidation sites excluding steroid dienone is 1. The van der Waals surface area contributed by atoms with E-state index in [2.05, 4.69) is 0 Å². The Kier molecular flexibility index (Phi) is 3.19. The molecule has 0 amide bonds. The summed E-state index contributed by atoms with van der Waals surface area (Å²) in [7, 11) is 0. The van der Waals surface area contributed by atoms with Crippen LogP contribution in [0.1, 0.15) is 18.1 Å². The number of nitrogens with zero attached hydrogens (tertiary/aromatic N) is 2. The van der Waals surface area contributed by atoms with E-state index in [9.17, 15) is 10.1 Å². The number of nitriles is 1. The minimum Gasteiger partial charge on any atom is -0.258 e. The van der Waals surface area contributed by atoms with Crippen LogP contribution in [0.5, 0.6) is 0 Å². The van der Waals surface area contributed by atoms with Crippen molar-refractivity contribution in [2.45, 2.75) is 13.8 Å². The van der Waals surface area contributed by atoms with Crippen molar-refractivity contribution in [1.82, 2.24) is 0 Å². The van der Waals surface area contributed by atoms with Gasteiger partial charge in [0.15, 0.2) is 0 Å². The second-order valence-corrected chi connectivity index (χ2v) is 3.26. The lowest BCUT2D eigenvalue weighted by molar-refractivity contribution is -0.385. The second kappa shape index (κ2) is 4.38. The van der Waals surface area contributed by atoms with Gasteiger partial charge in [-0.25, -0.2) is 0 Å². The van der Waals surface area contributed by atoms with Crippen molar-refractivity contribution in [2.75, 3.05) is 0 Å². The van der Waals surface area contributed by atoms with Crippen molar-refractivity contribution in [1.29, 1.82) is 5.26 Å². The standard InChI is InChI=1S/C11H10N2O2/c1-8-3-4-11(13(14)15)10(5-8)6-9(2)7-12/h3-6H,1-2H3/b9-6-. The number of hydrogen-bond donors (Lipinski definition) is 0. The minimum absolute atomic E-state index is 0.0233. The van der Waals surface area contributed by atoms with Gasteiger partial charge in [0, 0.05) is 11.6 Å². The lowest BCUT2D eigenvalue weighted by Crippen LogP contribution is -1.92. The molecule has 0 unspecified atom stereocenters. The Morgan fingerprint density at radius 2 is 2.27 bits per heavy atom. The van der Waals surface area contributed by atoms with Crippen molar-refractivity contribution in [3.05, 3.63) is 45.0 Å². The maximum atomic E-state index is 10.7. The van der Waals surface area contributed by atoms with Crippen LogP contribution in [0.3, 0.4) is 0 Å². The number of aryl methyl sites for hydroxylation is 1. The van der Waals surface area contributed by atoms with Gasteiger partial charge in [0.25, 0.3) is 5.69 Å². The maximum Gasteiger partial charge on any atom is 0.276 e. The van der Waals surface area contributed by atoms with Gasteiger partial charge in [0.2, 0.25) is 0 Å². The highest BCUT2D eigenvalue weighted by Crippen LogP contribution is 2.22. The molecule has 15 heavy (non-hydrogen) atoms. The molecule has 0 N–H and O–H groups in total. The van der Waals surface area contributed by atoms with Gasteiger partial charge in [-0.3, -0.25) is 10.1 Å². The van der Waals surface area contributed by atoms with Crippen LogP contribution in [0.2, 0.25) is 0 Å². The first-order valence-electron chi connectivity index (χ1n) is 4.38. The van der Waals surface area contributed by atoms with Crippen LogP contribution < -0.4 is 0 Å². The van der Waals surface area contributed by atoms with Crippen molar-refractivity contribution in [2.24, 2.45) is 0 Å². The maximum absolute atomic E-state index is 10.7. The van der Waals surface area contributed by atoms with Crippen LogP contribution in [-0.4, -0.2) is 4.92 Å². The van der Waals surface area contributed by atoms with Gasteiger partial charge >= 0.3 is 0 Å². The molecule has 1 aromatic carbocycles. The van der Waals surface area contributed by atoms with Crippen LogP contribution >= 0.6 is 0 Å². The highest BCUT2D eigenvalue weighted by atomic mass is 16.6. The normalized spacial score (nSPS) is 10.9. The Morgan fingerprint density at radius 1 is 1.60 bits per heavy atom. The molecule has 0 aliphatic heterocycles. The first kappa shape index (κ1) is 10.9. The Labute approximate surface area is 87.6 Å². The van der Waals surface area contributed by atoms with Crippen LogP contribution in [-0.2, 0) is 0 Å². The van der Waals surface area contributed by atoms with Crippen LogP contribution in [0.4, 0.5) is 5.69 Å². The van der Waals surface area contributed by atoms with Crippen molar-refractivity contribution >= 4 is 11.8 Å². The van der Waals surface area contributed by atoms with E-state index in [1.54, 1.807) is 19.1 Å². The molecule has 1 rings (SSSR count). The molecule has 0 heterocycles. The zero-order valence-electron chi connectivity index (χ0n) is 8.52. The summed E-state index contributed by atoms with van der Waals surface area (Å²) in [6.45, 7) is 3.47. The van der Waals surface area contributed by atoms with Gasteiger partial charge in [-0.05, 0) is 26.0 Å². The average molecular weight is 202 g/mol. The molecule has 76 valence electrons. The first-order chi connectivity index (χ1) is 7.04. The van der Waals surface area contributed by atoms with Gasteiger partial charge < -0.3 is 0 Å². The fourth-order valence-electron chi connectivity index (χ4n) is 1.22. The molecule has 0 atom stereocenters. The Balaban J connectivity index is 3.32. The number of benzene rings is 1. The van der Waals surface area contributed by atoms with E-state index in [-0.39, 0.29) is 5.69 Å². The molecule has 1 aromatic rings. The summed E-state index contributed by atoms with van der Waals surface area (Å²) in [6.07, 6.45) is 1.52. The van der Waals surface area contributed by atoms with E-state index in [0.29, 0.717) is 11.1 Å². The van der Waals surface area contributed by atoms with Gasteiger partial charge in [-0.2, -0.15) is 5.26 Å². The molecular weight excluding hydrogens is 192 g/mol. The van der Waals surface area contributed by atoms with Gasteiger partial charge in [0.1, 0.15) is 0 Å². The molecule has 0 spiro atoms. The minimum atomic E-state index is -0.448. The number of nitro benzene ring substituents is 1. The van der Waals surface area contributed by atoms with E-state index < -0.39 is 4.92 Å². The van der Waals surface area contributed by atoms with E-state index in [1.807, 2.05) is 13.0 Å². The highest BCUT2D eigenvalue weighted by Gasteiger charge is 2.11. The third-order valence-electron chi connectivity index (χ3n) is 1.93. The number of nitro groups is 1. The fourth-order valence-corrected chi connectivity index (χ4v) is 1.22. The predicted molar refractivity (Wildman–Crippen MR) is 57.1 cm³/mol. The zero-order valence-corrected chi connectivity index (χ0v) is 8.52. The van der Waals surface area contributed by atoms with E-state index in [4.69, 9.17) is 5.26 Å². The molecule has 4 nitrogen and oxygen atoms in total. The molecule has 0 fully saturated rings. The SMILES string of the molecule is C/C(C#N)=C/c1cc(C)ccc1[N+](=O)[O-]. The van der Waals surface area contributed by atoms with Gasteiger partial charge in [-0.1, -0.05) is 11.6 Å². The Bertz CT molecular complexity index is 470. The largest absolute Gasteiger partial charge is 0.276 e. The summed E-state index contributed by atoms with van der Waals surface area (Å²) in [4.78, 5) is 10.2. The van der Waals surface area contributed by atoms with E-state index in [0.717, 1.165) is 5.56 Å². The quantitative estimate of drug-likeness (QED) is 0.420. The molecular formula is C11H10N2O2. The topological polar surface area (TPSA) is 66.9 Å². The first-order valence-corrected chi connectivity index (χ1v) is 4.38. The third-order valence-corrected chi connectivity index (χ3v) is 1.93. The number of hydrogen-bond acceptors (Lipinski definition) is 3. The molecule has 0 aromatic heterocycles. The third kappa shape index (κ3) is 2.64. The van der Waals surface area contributed by atoms with Crippen molar-refractivity contribution in [3.63, 3.8) is 0 Å². The summed E-state index contributed by atoms with van der Waals surface area (Å²) in [6, 6.07) is 6.76. The predicted octanol–water partition coefficient (Wildman–Crippen LogP) is 2.83. The molecule has 4 heteroatoms. The molecule has 0 aliphatic carbocycles. The fraction of sp³-hybridized carbons (Fsp3) is 0.182. The number of rotatable bonds is 2. The zero-order chi connectivity index (χ0) is 11.4. The molecule has 0 saturated heterocycles. The molecule has 0 aliphatic rings. The lowest BCUT2D eigenvalue weighted by Gasteiger charge is -1.99. The summed E-state index contributed by atoms with van der Waals surface area (Å²) >= 11 is 0. The van der Waals surface area contributed by atoms with E-state index in [1.165, 1.54) is 12.1 Å². The van der Waals surface area contributed by atoms with Crippen LogP contribution in [0.25, 0.3) is 6.08 Å². The highest BCUT2D eigenvalue weighted by molar-refractivity contribution is 5.65. The summed E-state index contributed by atoms with van der Waals surface area (Å²) in [5.74, 6) is 0. The Morgan fingerprint density at radius 3 is 2.80 bits per heavy atom. The van der Waals surface area contributed by atoms with E-state index >= 15 is 0 Å². The molecule has 0 bridgehead atoms. The van der Waals surface area contributed by atoms with Gasteiger partial charge in [0.05, 0.1) is 16.6 Å². The van der Waals surface area contributed by atoms with Gasteiger partial charge in [-0.15, -0.1) is 0 Å². The van der Waals surface area contributed by atoms with Crippen molar-refractivity contribution < 1.29 is 4.92 Å². The van der Waals surface area contributed by atoms with Crippen molar-refractivity contribution in [3.8, 4) is 6.07 Å². The monoisotopic (exact) mass is 202 g/mol. The summed E-state index contributed by atoms with van der Waals surface area (Å²) in [5.41, 5.74) is 1.87. The molecule has 0 saturated carbocycles.